The highest BCUT2D eigenvalue weighted by Crippen LogP contribution is 2.21. The lowest BCUT2D eigenvalue weighted by Crippen LogP contribution is -2.30. The Balaban J connectivity index is 2.04. The van der Waals surface area contributed by atoms with Crippen LogP contribution in [0.1, 0.15) is 22.8 Å². The summed E-state index contributed by atoms with van der Waals surface area (Å²) in [6.45, 7) is 3.23. The first kappa shape index (κ1) is 18.7. The zero-order valence-electron chi connectivity index (χ0n) is 13.9. The summed E-state index contributed by atoms with van der Waals surface area (Å²) in [5, 5.41) is 2.56. The van der Waals surface area contributed by atoms with Gasteiger partial charge in [-0.1, -0.05) is 17.7 Å². The second-order valence-corrected chi connectivity index (χ2v) is 5.78. The number of esters is 1. The average molecular weight is 366 g/mol. The smallest absolute Gasteiger partial charge is 0.339 e. The maximum atomic E-state index is 13.7. The van der Waals surface area contributed by atoms with Crippen LogP contribution in [0.3, 0.4) is 0 Å². The molecule has 0 aliphatic rings. The number of halogens is 2. The number of aryl methyl sites for hydroxylation is 1. The van der Waals surface area contributed by atoms with Crippen LogP contribution in [0.5, 0.6) is 5.75 Å². The third-order valence-electron chi connectivity index (χ3n) is 3.49. The molecule has 132 valence electrons. The summed E-state index contributed by atoms with van der Waals surface area (Å²) in [6.07, 6.45) is -1.12. The fraction of sp³-hybridized carbons (Fsp3) is 0.222. The molecular weight excluding hydrogens is 349 g/mol. The second-order valence-electron chi connectivity index (χ2n) is 5.35. The van der Waals surface area contributed by atoms with Gasteiger partial charge in [-0.3, -0.25) is 4.79 Å². The van der Waals surface area contributed by atoms with Crippen LogP contribution in [0.4, 0.5) is 10.1 Å². The Kier molecular flexibility index (Phi) is 5.98. The lowest BCUT2D eigenvalue weighted by Gasteiger charge is -2.14. The number of hydrogen-bond donors (Lipinski definition) is 1. The lowest BCUT2D eigenvalue weighted by molar-refractivity contribution is -0.123. The summed E-state index contributed by atoms with van der Waals surface area (Å²) < 4.78 is 24.0. The number of carbonyl (C=O) groups excluding carboxylic acids is 2. The highest BCUT2D eigenvalue weighted by atomic mass is 35.5. The number of ether oxygens (including phenoxy) is 2. The Morgan fingerprint density at radius 1 is 1.20 bits per heavy atom. The number of hydrogen-bond acceptors (Lipinski definition) is 4. The van der Waals surface area contributed by atoms with Crippen LogP contribution in [0.15, 0.2) is 36.4 Å². The van der Waals surface area contributed by atoms with E-state index in [1.165, 1.54) is 32.2 Å². The van der Waals surface area contributed by atoms with Crippen molar-refractivity contribution < 1.29 is 23.5 Å². The molecule has 2 rings (SSSR count). The van der Waals surface area contributed by atoms with E-state index in [1.54, 1.807) is 12.1 Å². The zero-order valence-corrected chi connectivity index (χ0v) is 14.7. The molecule has 0 spiro atoms. The molecule has 2 aromatic carbocycles. The van der Waals surface area contributed by atoms with Gasteiger partial charge in [0.15, 0.2) is 6.10 Å². The van der Waals surface area contributed by atoms with Gasteiger partial charge in [0, 0.05) is 5.02 Å². The number of benzene rings is 2. The van der Waals surface area contributed by atoms with Crippen molar-refractivity contribution in [1.29, 1.82) is 0 Å². The van der Waals surface area contributed by atoms with Crippen molar-refractivity contribution in [2.75, 3.05) is 12.4 Å². The third kappa shape index (κ3) is 4.70. The van der Waals surface area contributed by atoms with Crippen LogP contribution in [-0.4, -0.2) is 25.1 Å². The van der Waals surface area contributed by atoms with Crippen molar-refractivity contribution in [2.45, 2.75) is 20.0 Å². The van der Waals surface area contributed by atoms with E-state index < -0.39 is 23.8 Å². The van der Waals surface area contributed by atoms with E-state index in [-0.39, 0.29) is 16.3 Å². The molecule has 0 aliphatic heterocycles. The number of anilines is 1. The second kappa shape index (κ2) is 7.98. The maximum absolute atomic E-state index is 13.7. The summed E-state index contributed by atoms with van der Waals surface area (Å²) in [5.41, 5.74) is 1.07. The van der Waals surface area contributed by atoms with Crippen molar-refractivity contribution in [1.82, 2.24) is 0 Å². The van der Waals surface area contributed by atoms with Gasteiger partial charge in [-0.05, 0) is 49.7 Å². The highest BCUT2D eigenvalue weighted by molar-refractivity contribution is 6.30. The van der Waals surface area contributed by atoms with Crippen LogP contribution < -0.4 is 10.1 Å². The highest BCUT2D eigenvalue weighted by Gasteiger charge is 2.20. The van der Waals surface area contributed by atoms with Crippen molar-refractivity contribution in [3.05, 3.63) is 58.4 Å². The predicted octanol–water partition coefficient (Wildman–Crippen LogP) is 3.98. The van der Waals surface area contributed by atoms with Gasteiger partial charge < -0.3 is 14.8 Å². The quantitative estimate of drug-likeness (QED) is 0.814. The minimum atomic E-state index is -1.12. The molecule has 7 heteroatoms. The molecule has 0 radical (unpaired) electrons. The normalized spacial score (nSPS) is 11.6. The molecule has 25 heavy (non-hydrogen) atoms. The number of methoxy groups -OCH3 is 1. The molecule has 5 nitrogen and oxygen atoms in total. The molecule has 1 atom stereocenters. The SMILES string of the molecule is COc1cc(C(=O)O[C@@H](C)C(=O)Nc2ccc(Cl)cc2F)ccc1C. The first-order chi connectivity index (χ1) is 11.8. The van der Waals surface area contributed by atoms with Crippen LogP contribution >= 0.6 is 11.6 Å². The fourth-order valence-electron chi connectivity index (χ4n) is 2.05. The summed E-state index contributed by atoms with van der Waals surface area (Å²) >= 11 is 5.66. The molecule has 1 amide bonds. The topological polar surface area (TPSA) is 64.6 Å². The summed E-state index contributed by atoms with van der Waals surface area (Å²) in [6, 6.07) is 8.66. The van der Waals surface area contributed by atoms with Crippen molar-refractivity contribution in [3.63, 3.8) is 0 Å². The largest absolute Gasteiger partial charge is 0.496 e. The van der Waals surface area contributed by atoms with Crippen LogP contribution in [0, 0.1) is 12.7 Å². The van der Waals surface area contributed by atoms with Gasteiger partial charge in [0.1, 0.15) is 11.6 Å². The number of carbonyl (C=O) groups is 2. The predicted molar refractivity (Wildman–Crippen MR) is 92.6 cm³/mol. The molecule has 0 saturated heterocycles. The number of amides is 1. The van der Waals surface area contributed by atoms with Crippen LogP contribution in [0.25, 0.3) is 0 Å². The van der Waals surface area contributed by atoms with E-state index in [9.17, 15) is 14.0 Å². The Bertz CT molecular complexity index is 810. The van der Waals surface area contributed by atoms with Crippen molar-refractivity contribution in [2.24, 2.45) is 0 Å². The fourth-order valence-corrected chi connectivity index (χ4v) is 2.21. The first-order valence-electron chi connectivity index (χ1n) is 7.43. The molecule has 0 heterocycles. The summed E-state index contributed by atoms with van der Waals surface area (Å²) in [5.74, 6) is -1.48. The molecular formula is C18H17ClFNO4. The van der Waals surface area contributed by atoms with Crippen LogP contribution in [0.2, 0.25) is 5.02 Å². The first-order valence-corrected chi connectivity index (χ1v) is 7.81. The van der Waals surface area contributed by atoms with E-state index >= 15 is 0 Å². The van der Waals surface area contributed by atoms with Gasteiger partial charge in [-0.25, -0.2) is 9.18 Å². The Morgan fingerprint density at radius 2 is 1.92 bits per heavy atom. The monoisotopic (exact) mass is 365 g/mol. The molecule has 2 aromatic rings. The molecule has 0 aromatic heterocycles. The molecule has 0 bridgehead atoms. The molecule has 1 N–H and O–H groups in total. The van der Waals surface area contributed by atoms with Crippen molar-refractivity contribution in [3.8, 4) is 5.75 Å². The van der Waals surface area contributed by atoms with Gasteiger partial charge in [0.05, 0.1) is 18.4 Å². The standard InChI is InChI=1S/C18H17ClFNO4/c1-10-4-5-12(8-16(10)24-3)18(23)25-11(2)17(22)21-15-7-6-13(19)9-14(15)20/h4-9,11H,1-3H3,(H,21,22)/t11-/m0/s1. The minimum Gasteiger partial charge on any atom is -0.496 e. The Morgan fingerprint density at radius 3 is 2.56 bits per heavy atom. The van der Waals surface area contributed by atoms with Gasteiger partial charge in [0.2, 0.25) is 0 Å². The Labute approximate surface area is 149 Å². The molecule has 0 fully saturated rings. The van der Waals surface area contributed by atoms with E-state index in [0.717, 1.165) is 11.6 Å². The minimum absolute atomic E-state index is 0.0469. The van der Waals surface area contributed by atoms with Gasteiger partial charge in [0.25, 0.3) is 5.91 Å². The van der Waals surface area contributed by atoms with Crippen molar-refractivity contribution >= 4 is 29.2 Å². The summed E-state index contributed by atoms with van der Waals surface area (Å²) in [4.78, 5) is 24.2. The van der Waals surface area contributed by atoms with E-state index in [0.29, 0.717) is 5.75 Å². The van der Waals surface area contributed by atoms with Gasteiger partial charge in [-0.15, -0.1) is 0 Å². The number of rotatable bonds is 5. The lowest BCUT2D eigenvalue weighted by atomic mass is 10.1. The van der Waals surface area contributed by atoms with Gasteiger partial charge >= 0.3 is 5.97 Å². The van der Waals surface area contributed by atoms with E-state index in [4.69, 9.17) is 21.1 Å². The van der Waals surface area contributed by atoms with E-state index in [1.807, 2.05) is 6.92 Å². The zero-order chi connectivity index (χ0) is 18.6. The maximum Gasteiger partial charge on any atom is 0.339 e. The Hall–Kier alpha value is -2.60. The average Bonchev–Trinajstić information content (AvgIpc) is 2.57. The number of nitrogens with one attached hydrogen (secondary N) is 1. The van der Waals surface area contributed by atoms with Gasteiger partial charge in [-0.2, -0.15) is 0 Å². The molecule has 0 aliphatic carbocycles. The van der Waals surface area contributed by atoms with E-state index in [2.05, 4.69) is 5.32 Å². The third-order valence-corrected chi connectivity index (χ3v) is 3.72. The van der Waals surface area contributed by atoms with Crippen LogP contribution in [-0.2, 0) is 9.53 Å². The summed E-state index contributed by atoms with van der Waals surface area (Å²) in [7, 11) is 1.49. The molecule has 0 unspecified atom stereocenters. The molecule has 0 saturated carbocycles.